The second-order valence-corrected chi connectivity index (χ2v) is 5.65. The SMILES string of the molecule is C[C@H]1Cc2ccccc2N1CCNC(=O)Cc1cncnc1. The number of benzene rings is 1. The van der Waals surface area contributed by atoms with Gasteiger partial charge in [-0.15, -0.1) is 0 Å². The molecule has 1 N–H and O–H groups in total. The fraction of sp³-hybridized carbons (Fsp3) is 0.353. The molecule has 114 valence electrons. The molecule has 0 bridgehead atoms. The van der Waals surface area contributed by atoms with Gasteiger partial charge in [-0.05, 0) is 30.5 Å². The summed E-state index contributed by atoms with van der Waals surface area (Å²) in [5.41, 5.74) is 3.52. The van der Waals surface area contributed by atoms with Crippen molar-refractivity contribution in [2.24, 2.45) is 0 Å². The molecule has 0 saturated heterocycles. The number of hydrogen-bond donors (Lipinski definition) is 1. The van der Waals surface area contributed by atoms with Gasteiger partial charge in [0.2, 0.25) is 5.91 Å². The zero-order chi connectivity index (χ0) is 15.4. The molecule has 1 aromatic carbocycles. The molecule has 0 aliphatic carbocycles. The van der Waals surface area contributed by atoms with Crippen LogP contribution in [0.15, 0.2) is 43.0 Å². The number of rotatable bonds is 5. The highest BCUT2D eigenvalue weighted by Gasteiger charge is 2.24. The first-order valence-electron chi connectivity index (χ1n) is 7.59. The Morgan fingerprint density at radius 1 is 1.32 bits per heavy atom. The lowest BCUT2D eigenvalue weighted by atomic mass is 10.1. The monoisotopic (exact) mass is 296 g/mol. The highest BCUT2D eigenvalue weighted by Crippen LogP contribution is 2.31. The molecule has 0 saturated carbocycles. The molecule has 3 rings (SSSR count). The third-order valence-electron chi connectivity index (χ3n) is 4.00. The predicted molar refractivity (Wildman–Crippen MR) is 85.7 cm³/mol. The van der Waals surface area contributed by atoms with E-state index in [4.69, 9.17) is 0 Å². The number of aromatic nitrogens is 2. The number of hydrogen-bond acceptors (Lipinski definition) is 4. The molecule has 5 heteroatoms. The maximum absolute atomic E-state index is 11.9. The second-order valence-electron chi connectivity index (χ2n) is 5.65. The van der Waals surface area contributed by atoms with Crippen molar-refractivity contribution in [1.82, 2.24) is 15.3 Å². The first-order valence-corrected chi connectivity index (χ1v) is 7.59. The van der Waals surface area contributed by atoms with Crippen LogP contribution in [0.2, 0.25) is 0 Å². The molecule has 2 heterocycles. The fourth-order valence-electron chi connectivity index (χ4n) is 2.96. The molecule has 1 aromatic heterocycles. The largest absolute Gasteiger partial charge is 0.367 e. The number of nitrogens with zero attached hydrogens (tertiary/aromatic N) is 3. The van der Waals surface area contributed by atoms with Gasteiger partial charge in [0, 0.05) is 37.2 Å². The van der Waals surface area contributed by atoms with E-state index in [0.717, 1.165) is 18.5 Å². The maximum atomic E-state index is 11.9. The van der Waals surface area contributed by atoms with E-state index in [-0.39, 0.29) is 5.91 Å². The van der Waals surface area contributed by atoms with E-state index in [1.54, 1.807) is 12.4 Å². The molecule has 0 unspecified atom stereocenters. The van der Waals surface area contributed by atoms with Gasteiger partial charge in [0.05, 0.1) is 6.42 Å². The van der Waals surface area contributed by atoms with Crippen molar-refractivity contribution in [1.29, 1.82) is 0 Å². The Bertz CT molecular complexity index is 644. The lowest BCUT2D eigenvalue weighted by Gasteiger charge is -2.25. The second kappa shape index (κ2) is 6.56. The molecule has 0 spiro atoms. The molecule has 1 atom stereocenters. The van der Waals surface area contributed by atoms with Crippen LogP contribution >= 0.6 is 0 Å². The number of carbonyl (C=O) groups excluding carboxylic acids is 1. The van der Waals surface area contributed by atoms with E-state index in [1.807, 2.05) is 0 Å². The van der Waals surface area contributed by atoms with Gasteiger partial charge in [0.25, 0.3) is 0 Å². The standard InChI is InChI=1S/C17H20N4O/c1-13-8-15-4-2-3-5-16(15)21(13)7-6-20-17(22)9-14-10-18-12-19-11-14/h2-5,10-13H,6-9H2,1H3,(H,20,22)/t13-/m0/s1. The van der Waals surface area contributed by atoms with Crippen molar-refractivity contribution in [2.75, 3.05) is 18.0 Å². The minimum atomic E-state index is 0.00920. The highest BCUT2D eigenvalue weighted by molar-refractivity contribution is 5.78. The Hall–Kier alpha value is -2.43. The van der Waals surface area contributed by atoms with Crippen molar-refractivity contribution >= 4 is 11.6 Å². The van der Waals surface area contributed by atoms with Crippen molar-refractivity contribution < 1.29 is 4.79 Å². The van der Waals surface area contributed by atoms with Crippen LogP contribution in [0.1, 0.15) is 18.1 Å². The van der Waals surface area contributed by atoms with Gasteiger partial charge in [-0.3, -0.25) is 4.79 Å². The number of carbonyl (C=O) groups is 1. The maximum Gasteiger partial charge on any atom is 0.224 e. The summed E-state index contributed by atoms with van der Waals surface area (Å²) < 4.78 is 0. The van der Waals surface area contributed by atoms with Gasteiger partial charge in [0.15, 0.2) is 0 Å². The van der Waals surface area contributed by atoms with Gasteiger partial charge in [-0.2, -0.15) is 0 Å². The molecule has 1 amide bonds. The minimum Gasteiger partial charge on any atom is -0.367 e. The summed E-state index contributed by atoms with van der Waals surface area (Å²) in [5, 5.41) is 2.97. The summed E-state index contributed by atoms with van der Waals surface area (Å²) in [5.74, 6) is 0.00920. The average Bonchev–Trinajstić information content (AvgIpc) is 2.84. The predicted octanol–water partition coefficient (Wildman–Crippen LogP) is 1.59. The summed E-state index contributed by atoms with van der Waals surface area (Å²) in [6.45, 7) is 3.70. The van der Waals surface area contributed by atoms with Gasteiger partial charge in [-0.1, -0.05) is 18.2 Å². The molecule has 22 heavy (non-hydrogen) atoms. The molecule has 0 radical (unpaired) electrons. The topological polar surface area (TPSA) is 58.1 Å². The summed E-state index contributed by atoms with van der Waals surface area (Å²) in [7, 11) is 0. The highest BCUT2D eigenvalue weighted by atomic mass is 16.1. The van der Waals surface area contributed by atoms with E-state index >= 15 is 0 Å². The number of nitrogens with one attached hydrogen (secondary N) is 1. The molecular formula is C17H20N4O. The van der Waals surface area contributed by atoms with Gasteiger partial charge in [-0.25, -0.2) is 9.97 Å². The van der Waals surface area contributed by atoms with Crippen LogP contribution < -0.4 is 10.2 Å². The summed E-state index contributed by atoms with van der Waals surface area (Å²) in [6.07, 6.45) is 6.21. The van der Waals surface area contributed by atoms with Crippen molar-refractivity contribution in [2.45, 2.75) is 25.8 Å². The molecule has 2 aromatic rings. The van der Waals surface area contributed by atoms with E-state index in [0.29, 0.717) is 19.0 Å². The summed E-state index contributed by atoms with van der Waals surface area (Å²) in [6, 6.07) is 8.97. The van der Waals surface area contributed by atoms with Crippen LogP contribution in [-0.2, 0) is 17.6 Å². The Balaban J connectivity index is 1.50. The van der Waals surface area contributed by atoms with Crippen LogP contribution in [0.4, 0.5) is 5.69 Å². The number of fused-ring (bicyclic) bond motifs is 1. The van der Waals surface area contributed by atoms with Crippen molar-refractivity contribution in [3.05, 3.63) is 54.1 Å². The quantitative estimate of drug-likeness (QED) is 0.910. The Morgan fingerprint density at radius 2 is 2.09 bits per heavy atom. The van der Waals surface area contributed by atoms with E-state index in [9.17, 15) is 4.79 Å². The van der Waals surface area contributed by atoms with Crippen LogP contribution in [0, 0.1) is 0 Å². The molecule has 1 aliphatic rings. The smallest absolute Gasteiger partial charge is 0.224 e. The Morgan fingerprint density at radius 3 is 2.91 bits per heavy atom. The Kier molecular flexibility index (Phi) is 4.32. The van der Waals surface area contributed by atoms with Crippen LogP contribution in [0.25, 0.3) is 0 Å². The third kappa shape index (κ3) is 3.24. The molecule has 5 nitrogen and oxygen atoms in total. The van der Waals surface area contributed by atoms with Crippen LogP contribution in [-0.4, -0.2) is 35.0 Å². The fourth-order valence-corrected chi connectivity index (χ4v) is 2.96. The van der Waals surface area contributed by atoms with E-state index in [2.05, 4.69) is 51.4 Å². The molecule has 0 fully saturated rings. The van der Waals surface area contributed by atoms with E-state index < -0.39 is 0 Å². The van der Waals surface area contributed by atoms with Crippen molar-refractivity contribution in [3.8, 4) is 0 Å². The third-order valence-corrected chi connectivity index (χ3v) is 4.00. The minimum absolute atomic E-state index is 0.00920. The van der Waals surface area contributed by atoms with Crippen LogP contribution in [0.5, 0.6) is 0 Å². The lowest BCUT2D eigenvalue weighted by Crippen LogP contribution is -2.38. The summed E-state index contributed by atoms with van der Waals surface area (Å²) in [4.78, 5) is 22.1. The normalized spacial score (nSPS) is 16.4. The Labute approximate surface area is 130 Å². The average molecular weight is 296 g/mol. The zero-order valence-electron chi connectivity index (χ0n) is 12.7. The first-order chi connectivity index (χ1) is 10.7. The summed E-state index contributed by atoms with van der Waals surface area (Å²) >= 11 is 0. The lowest BCUT2D eigenvalue weighted by molar-refractivity contribution is -0.120. The van der Waals surface area contributed by atoms with Crippen molar-refractivity contribution in [3.63, 3.8) is 0 Å². The van der Waals surface area contributed by atoms with Gasteiger partial charge in [0.1, 0.15) is 6.33 Å². The van der Waals surface area contributed by atoms with E-state index in [1.165, 1.54) is 17.6 Å². The number of amides is 1. The van der Waals surface area contributed by atoms with Gasteiger partial charge < -0.3 is 10.2 Å². The molecule has 1 aliphatic heterocycles. The number of anilines is 1. The first kappa shape index (κ1) is 14.5. The zero-order valence-corrected chi connectivity index (χ0v) is 12.7. The number of para-hydroxylation sites is 1. The van der Waals surface area contributed by atoms with Crippen LogP contribution in [0.3, 0.4) is 0 Å². The molecular weight excluding hydrogens is 276 g/mol. The van der Waals surface area contributed by atoms with Gasteiger partial charge >= 0.3 is 0 Å².